The van der Waals surface area contributed by atoms with Crippen LogP contribution in [0.5, 0.6) is 0 Å². The average Bonchev–Trinajstić information content (AvgIpc) is 3.11. The number of hydrogen-bond acceptors (Lipinski definition) is 3. The molecule has 4 aromatic rings. The molecule has 0 saturated heterocycles. The quantitative estimate of drug-likeness (QED) is 0.599. The van der Waals surface area contributed by atoms with Crippen molar-refractivity contribution in [2.75, 3.05) is 6.61 Å². The van der Waals surface area contributed by atoms with E-state index >= 15 is 0 Å². The van der Waals surface area contributed by atoms with Gasteiger partial charge in [0.15, 0.2) is 0 Å². The van der Waals surface area contributed by atoms with E-state index in [1.54, 1.807) is 6.33 Å². The highest BCUT2D eigenvalue weighted by atomic mass is 16.5. The maximum absolute atomic E-state index is 5.60. The molecule has 0 aliphatic carbocycles. The molecule has 0 saturated carbocycles. The van der Waals surface area contributed by atoms with E-state index in [0.29, 0.717) is 13.2 Å². The van der Waals surface area contributed by atoms with Gasteiger partial charge in [-0.05, 0) is 24.1 Å². The molecule has 0 unspecified atom stereocenters. The summed E-state index contributed by atoms with van der Waals surface area (Å²) >= 11 is 0. The highest BCUT2D eigenvalue weighted by Gasteiger charge is 2.12. The van der Waals surface area contributed by atoms with E-state index in [1.807, 2.05) is 25.1 Å². The molecule has 0 aliphatic rings. The van der Waals surface area contributed by atoms with E-state index in [0.717, 1.165) is 34.1 Å². The average molecular weight is 317 g/mol. The fourth-order valence-corrected chi connectivity index (χ4v) is 3.09. The van der Waals surface area contributed by atoms with Crippen molar-refractivity contribution in [3.8, 4) is 0 Å². The molecule has 2 aromatic carbocycles. The van der Waals surface area contributed by atoms with Crippen molar-refractivity contribution < 1.29 is 4.74 Å². The molecule has 0 bridgehead atoms. The summed E-state index contributed by atoms with van der Waals surface area (Å²) < 4.78 is 5.60. The summed E-state index contributed by atoms with van der Waals surface area (Å²) in [6, 6.07) is 16.5. The van der Waals surface area contributed by atoms with E-state index in [2.05, 4.69) is 40.3 Å². The lowest BCUT2D eigenvalue weighted by molar-refractivity contribution is 0.133. The van der Waals surface area contributed by atoms with Crippen molar-refractivity contribution in [2.45, 2.75) is 20.0 Å². The molecule has 0 spiro atoms. The fourth-order valence-electron chi connectivity index (χ4n) is 3.09. The lowest BCUT2D eigenvalue weighted by Crippen LogP contribution is -2.01. The highest BCUT2D eigenvalue weighted by Crippen LogP contribution is 2.26. The third kappa shape index (κ3) is 2.65. The number of fused-ring (bicyclic) bond motifs is 3. The Morgan fingerprint density at radius 1 is 1.00 bits per heavy atom. The second-order valence-corrected chi connectivity index (χ2v) is 5.78. The van der Waals surface area contributed by atoms with Crippen molar-refractivity contribution in [1.29, 1.82) is 0 Å². The van der Waals surface area contributed by atoms with Crippen LogP contribution in [-0.4, -0.2) is 21.6 Å². The molecule has 0 atom stereocenters. The molecule has 2 aromatic heterocycles. The molecule has 4 nitrogen and oxygen atoms in total. The van der Waals surface area contributed by atoms with Crippen LogP contribution in [0, 0.1) is 0 Å². The first-order valence-corrected chi connectivity index (χ1v) is 8.22. The molecular formula is C20H19N3O. The smallest absolute Gasteiger partial charge is 0.111 e. The molecular weight excluding hydrogens is 298 g/mol. The van der Waals surface area contributed by atoms with Crippen LogP contribution in [0.15, 0.2) is 54.9 Å². The van der Waals surface area contributed by atoms with Crippen molar-refractivity contribution in [3.05, 3.63) is 71.7 Å². The Labute approximate surface area is 140 Å². The van der Waals surface area contributed by atoms with E-state index in [1.165, 1.54) is 11.1 Å². The third-order valence-corrected chi connectivity index (χ3v) is 4.28. The molecule has 0 fully saturated rings. The van der Waals surface area contributed by atoms with Gasteiger partial charge < -0.3 is 9.72 Å². The van der Waals surface area contributed by atoms with Gasteiger partial charge in [-0.1, -0.05) is 42.5 Å². The van der Waals surface area contributed by atoms with Crippen molar-refractivity contribution >= 4 is 21.9 Å². The molecule has 4 rings (SSSR count). The molecule has 1 N–H and O–H groups in total. The lowest BCUT2D eigenvalue weighted by atomic mass is 10.0. The van der Waals surface area contributed by atoms with Crippen LogP contribution < -0.4 is 0 Å². The second kappa shape index (κ2) is 6.42. The molecule has 24 heavy (non-hydrogen) atoms. The number of ether oxygens (including phenoxy) is 1. The van der Waals surface area contributed by atoms with Gasteiger partial charge in [-0.15, -0.1) is 0 Å². The Bertz CT molecular complexity index is 990. The number of rotatable bonds is 5. The third-order valence-electron chi connectivity index (χ3n) is 4.28. The zero-order valence-corrected chi connectivity index (χ0v) is 13.6. The summed E-state index contributed by atoms with van der Waals surface area (Å²) in [6.45, 7) is 3.36. The number of pyridine rings is 1. The van der Waals surface area contributed by atoms with E-state index < -0.39 is 0 Å². The molecule has 0 aliphatic heterocycles. The first kappa shape index (κ1) is 14.8. The van der Waals surface area contributed by atoms with Crippen LogP contribution >= 0.6 is 0 Å². The monoisotopic (exact) mass is 317 g/mol. The van der Waals surface area contributed by atoms with E-state index in [-0.39, 0.29) is 0 Å². The fraction of sp³-hybridized carbons (Fsp3) is 0.200. The van der Waals surface area contributed by atoms with Gasteiger partial charge in [0.05, 0.1) is 29.7 Å². The Morgan fingerprint density at radius 3 is 2.67 bits per heavy atom. The molecule has 0 radical (unpaired) electrons. The Kier molecular flexibility index (Phi) is 3.97. The molecule has 0 amide bonds. The van der Waals surface area contributed by atoms with Crippen molar-refractivity contribution in [1.82, 2.24) is 15.0 Å². The lowest BCUT2D eigenvalue weighted by Gasteiger charge is -2.10. The zero-order chi connectivity index (χ0) is 16.4. The molecule has 120 valence electrons. The minimum atomic E-state index is 0.629. The van der Waals surface area contributed by atoms with Gasteiger partial charge in [0.1, 0.15) is 5.52 Å². The maximum atomic E-state index is 5.60. The van der Waals surface area contributed by atoms with Crippen LogP contribution in [0.25, 0.3) is 21.9 Å². The van der Waals surface area contributed by atoms with E-state index in [4.69, 9.17) is 9.72 Å². The Balaban J connectivity index is 1.81. The van der Waals surface area contributed by atoms with Gasteiger partial charge >= 0.3 is 0 Å². The minimum Gasteiger partial charge on any atom is -0.377 e. The number of aromatic amines is 1. The zero-order valence-electron chi connectivity index (χ0n) is 13.6. The summed E-state index contributed by atoms with van der Waals surface area (Å²) in [5.41, 5.74) is 6.43. The number of nitrogens with zero attached hydrogens (tertiary/aromatic N) is 2. The summed E-state index contributed by atoms with van der Waals surface area (Å²) in [5.74, 6) is 0. The van der Waals surface area contributed by atoms with Crippen LogP contribution in [0.1, 0.15) is 23.7 Å². The first-order chi connectivity index (χ1) is 11.9. The van der Waals surface area contributed by atoms with Gasteiger partial charge in [0.2, 0.25) is 0 Å². The van der Waals surface area contributed by atoms with Crippen LogP contribution in [0.2, 0.25) is 0 Å². The van der Waals surface area contributed by atoms with Crippen molar-refractivity contribution in [2.24, 2.45) is 0 Å². The number of para-hydroxylation sites is 1. The molecule has 2 heterocycles. The normalized spacial score (nSPS) is 11.4. The number of H-pyrrole nitrogens is 1. The van der Waals surface area contributed by atoms with Crippen LogP contribution in [0.4, 0.5) is 0 Å². The van der Waals surface area contributed by atoms with Gasteiger partial charge in [-0.25, -0.2) is 4.98 Å². The number of imidazole rings is 1. The Hall–Kier alpha value is -2.72. The number of benzene rings is 2. The van der Waals surface area contributed by atoms with Crippen LogP contribution in [-0.2, 0) is 17.8 Å². The predicted octanol–water partition coefficient (Wildman–Crippen LogP) is 4.24. The summed E-state index contributed by atoms with van der Waals surface area (Å²) in [6.07, 6.45) is 2.49. The summed E-state index contributed by atoms with van der Waals surface area (Å²) in [4.78, 5) is 12.6. The van der Waals surface area contributed by atoms with Gasteiger partial charge in [-0.3, -0.25) is 4.98 Å². The standard InChI is InChI=1S/C20H19N3O/c1-2-24-12-15-8-4-3-7-14(15)11-18-20-19(21-13-22-20)16-9-5-6-10-17(16)23-18/h3-10,13H,2,11-12H2,1H3,(H,21,22). The number of aromatic nitrogens is 3. The first-order valence-electron chi connectivity index (χ1n) is 8.22. The SMILES string of the molecule is CCOCc1ccccc1Cc1nc2ccccc2c2[nH]cnc12. The minimum absolute atomic E-state index is 0.629. The number of hydrogen-bond donors (Lipinski definition) is 1. The topological polar surface area (TPSA) is 50.8 Å². The van der Waals surface area contributed by atoms with Gasteiger partial charge in [0, 0.05) is 18.4 Å². The molecule has 4 heteroatoms. The van der Waals surface area contributed by atoms with Crippen LogP contribution in [0.3, 0.4) is 0 Å². The van der Waals surface area contributed by atoms with Gasteiger partial charge in [-0.2, -0.15) is 0 Å². The van der Waals surface area contributed by atoms with E-state index in [9.17, 15) is 0 Å². The maximum Gasteiger partial charge on any atom is 0.111 e. The summed E-state index contributed by atoms with van der Waals surface area (Å²) in [7, 11) is 0. The summed E-state index contributed by atoms with van der Waals surface area (Å²) in [5, 5.41) is 1.11. The number of nitrogens with one attached hydrogen (secondary N) is 1. The largest absolute Gasteiger partial charge is 0.377 e. The van der Waals surface area contributed by atoms with Crippen molar-refractivity contribution in [3.63, 3.8) is 0 Å². The highest BCUT2D eigenvalue weighted by molar-refractivity contribution is 6.02. The Morgan fingerprint density at radius 2 is 1.79 bits per heavy atom. The second-order valence-electron chi connectivity index (χ2n) is 5.78. The van der Waals surface area contributed by atoms with Gasteiger partial charge in [0.25, 0.3) is 0 Å². The predicted molar refractivity (Wildman–Crippen MR) is 96.0 cm³/mol.